The van der Waals surface area contributed by atoms with Crippen LogP contribution in [-0.2, 0) is 9.84 Å². The Bertz CT molecular complexity index is 846. The van der Waals surface area contributed by atoms with E-state index in [9.17, 15) is 13.2 Å². The predicted molar refractivity (Wildman–Crippen MR) is 87.8 cm³/mol. The molecule has 1 aromatic carbocycles. The van der Waals surface area contributed by atoms with Crippen LogP contribution >= 0.6 is 11.6 Å². The van der Waals surface area contributed by atoms with Crippen LogP contribution in [0.5, 0.6) is 0 Å². The van der Waals surface area contributed by atoms with Gasteiger partial charge in [0.05, 0.1) is 28.5 Å². The van der Waals surface area contributed by atoms with Crippen LogP contribution in [0.25, 0.3) is 5.69 Å². The summed E-state index contributed by atoms with van der Waals surface area (Å²) >= 11 is 6.32. The highest BCUT2D eigenvalue weighted by Crippen LogP contribution is 2.24. The second-order valence-electron chi connectivity index (χ2n) is 5.57. The van der Waals surface area contributed by atoms with Crippen molar-refractivity contribution in [3.05, 3.63) is 46.7 Å². The first-order valence-electron chi connectivity index (χ1n) is 7.19. The number of amides is 1. The average Bonchev–Trinajstić information content (AvgIpc) is 2.99. The van der Waals surface area contributed by atoms with Crippen molar-refractivity contribution in [2.24, 2.45) is 0 Å². The molecule has 1 fully saturated rings. The molecule has 1 saturated heterocycles. The molecule has 0 radical (unpaired) electrons. The first-order chi connectivity index (χ1) is 10.9. The van der Waals surface area contributed by atoms with Crippen LogP contribution < -0.4 is 5.32 Å². The standard InChI is InChI=1S/C15H16ClN3O3S/c1-10-13(15(20)17-11-7-8-23(21,22)9-11)14(16)19(18-10)12-5-3-2-4-6-12/h2-6,11H,7-9H2,1H3,(H,17,20)/t11-/m1/s1. The number of nitrogens with zero attached hydrogens (tertiary/aromatic N) is 2. The van der Waals surface area contributed by atoms with Crippen LogP contribution in [0.4, 0.5) is 0 Å². The Morgan fingerprint density at radius 1 is 1.35 bits per heavy atom. The molecule has 122 valence electrons. The molecule has 0 aliphatic carbocycles. The van der Waals surface area contributed by atoms with Gasteiger partial charge in [0.25, 0.3) is 5.91 Å². The lowest BCUT2D eigenvalue weighted by molar-refractivity contribution is 0.0940. The molecule has 8 heteroatoms. The van der Waals surface area contributed by atoms with E-state index in [-0.39, 0.29) is 28.3 Å². The Labute approximate surface area is 139 Å². The zero-order valence-corrected chi connectivity index (χ0v) is 14.1. The largest absolute Gasteiger partial charge is 0.348 e. The molecule has 6 nitrogen and oxygen atoms in total. The molecule has 1 N–H and O–H groups in total. The van der Waals surface area contributed by atoms with Crippen molar-refractivity contribution in [3.63, 3.8) is 0 Å². The van der Waals surface area contributed by atoms with Crippen LogP contribution in [-0.4, -0.2) is 41.7 Å². The lowest BCUT2D eigenvalue weighted by atomic mass is 10.2. The van der Waals surface area contributed by atoms with Gasteiger partial charge in [0.1, 0.15) is 5.15 Å². The topological polar surface area (TPSA) is 81.1 Å². The van der Waals surface area contributed by atoms with E-state index in [0.717, 1.165) is 5.69 Å². The SMILES string of the molecule is Cc1nn(-c2ccccc2)c(Cl)c1C(=O)N[C@@H]1CCS(=O)(=O)C1. The van der Waals surface area contributed by atoms with Gasteiger partial charge in [-0.2, -0.15) is 5.10 Å². The Morgan fingerprint density at radius 2 is 2.04 bits per heavy atom. The molecule has 0 unspecified atom stereocenters. The highest BCUT2D eigenvalue weighted by atomic mass is 35.5. The second kappa shape index (κ2) is 5.98. The maximum atomic E-state index is 12.5. The fourth-order valence-corrected chi connectivity index (χ4v) is 4.70. The smallest absolute Gasteiger partial charge is 0.256 e. The number of nitrogens with one attached hydrogen (secondary N) is 1. The Balaban J connectivity index is 1.86. The van der Waals surface area contributed by atoms with E-state index < -0.39 is 15.7 Å². The van der Waals surface area contributed by atoms with Crippen LogP contribution in [0, 0.1) is 6.92 Å². The van der Waals surface area contributed by atoms with Crippen LogP contribution in [0.1, 0.15) is 22.5 Å². The van der Waals surface area contributed by atoms with Gasteiger partial charge in [-0.3, -0.25) is 4.79 Å². The summed E-state index contributed by atoms with van der Waals surface area (Å²) in [7, 11) is -3.05. The fourth-order valence-electron chi connectivity index (χ4n) is 2.66. The number of benzene rings is 1. The molecule has 0 bridgehead atoms. The molecule has 2 aromatic rings. The minimum Gasteiger partial charge on any atom is -0.348 e. The van der Waals surface area contributed by atoms with Crippen molar-refractivity contribution in [1.29, 1.82) is 0 Å². The zero-order chi connectivity index (χ0) is 16.6. The third-order valence-electron chi connectivity index (χ3n) is 3.80. The Hall–Kier alpha value is -1.86. The third-order valence-corrected chi connectivity index (χ3v) is 5.92. The highest BCUT2D eigenvalue weighted by molar-refractivity contribution is 7.91. The van der Waals surface area contributed by atoms with Gasteiger partial charge in [-0.1, -0.05) is 29.8 Å². The number of hydrogen-bond acceptors (Lipinski definition) is 4. The number of para-hydroxylation sites is 1. The molecule has 3 rings (SSSR count). The molecule has 1 aliphatic heterocycles. The lowest BCUT2D eigenvalue weighted by Crippen LogP contribution is -2.35. The summed E-state index contributed by atoms with van der Waals surface area (Å²) in [5.41, 5.74) is 1.53. The van der Waals surface area contributed by atoms with E-state index in [0.29, 0.717) is 12.1 Å². The first-order valence-corrected chi connectivity index (χ1v) is 9.39. The normalized spacial score (nSPS) is 19.7. The summed E-state index contributed by atoms with van der Waals surface area (Å²) in [5, 5.41) is 7.27. The number of halogens is 1. The third kappa shape index (κ3) is 3.25. The Morgan fingerprint density at radius 3 is 2.65 bits per heavy atom. The molecule has 0 saturated carbocycles. The van der Waals surface area contributed by atoms with Crippen molar-refractivity contribution in [1.82, 2.24) is 15.1 Å². The molecule has 2 heterocycles. The summed E-state index contributed by atoms with van der Waals surface area (Å²) in [6.45, 7) is 1.70. The minimum absolute atomic E-state index is 0.0256. The lowest BCUT2D eigenvalue weighted by Gasteiger charge is -2.10. The summed E-state index contributed by atoms with van der Waals surface area (Å²) < 4.78 is 24.5. The summed E-state index contributed by atoms with van der Waals surface area (Å²) in [5.74, 6) is -0.312. The van der Waals surface area contributed by atoms with Crippen molar-refractivity contribution >= 4 is 27.3 Å². The van der Waals surface area contributed by atoms with Gasteiger partial charge in [0.15, 0.2) is 9.84 Å². The minimum atomic E-state index is -3.05. The van der Waals surface area contributed by atoms with E-state index in [1.54, 1.807) is 6.92 Å². The van der Waals surface area contributed by atoms with Crippen molar-refractivity contribution in [3.8, 4) is 5.69 Å². The van der Waals surface area contributed by atoms with Gasteiger partial charge in [-0.25, -0.2) is 13.1 Å². The van der Waals surface area contributed by atoms with Gasteiger partial charge < -0.3 is 5.32 Å². The quantitative estimate of drug-likeness (QED) is 0.911. The number of rotatable bonds is 3. The predicted octanol–water partition coefficient (Wildman–Crippen LogP) is 1.75. The number of sulfone groups is 1. The average molecular weight is 354 g/mol. The van der Waals surface area contributed by atoms with Gasteiger partial charge in [-0.05, 0) is 25.5 Å². The maximum Gasteiger partial charge on any atom is 0.256 e. The number of carbonyl (C=O) groups is 1. The van der Waals surface area contributed by atoms with E-state index >= 15 is 0 Å². The van der Waals surface area contributed by atoms with E-state index in [1.165, 1.54) is 4.68 Å². The molecule has 1 amide bonds. The van der Waals surface area contributed by atoms with Crippen LogP contribution in [0.15, 0.2) is 30.3 Å². The summed E-state index contributed by atoms with van der Waals surface area (Å²) in [6.07, 6.45) is 0.428. The van der Waals surface area contributed by atoms with Crippen molar-refractivity contribution < 1.29 is 13.2 Å². The van der Waals surface area contributed by atoms with E-state index in [2.05, 4.69) is 10.4 Å². The molecule has 1 atom stereocenters. The van der Waals surface area contributed by atoms with E-state index in [4.69, 9.17) is 11.6 Å². The maximum absolute atomic E-state index is 12.5. The fraction of sp³-hybridized carbons (Fsp3) is 0.333. The van der Waals surface area contributed by atoms with Gasteiger partial charge >= 0.3 is 0 Å². The molecular weight excluding hydrogens is 338 g/mol. The van der Waals surface area contributed by atoms with E-state index in [1.807, 2.05) is 30.3 Å². The number of carbonyl (C=O) groups excluding carboxylic acids is 1. The highest BCUT2D eigenvalue weighted by Gasteiger charge is 2.31. The molecule has 1 aliphatic rings. The monoisotopic (exact) mass is 353 g/mol. The first kappa shape index (κ1) is 16.0. The van der Waals surface area contributed by atoms with Crippen LogP contribution in [0.2, 0.25) is 5.15 Å². The Kier molecular flexibility index (Phi) is 4.16. The molecular formula is C15H16ClN3O3S. The van der Waals surface area contributed by atoms with Crippen molar-refractivity contribution in [2.75, 3.05) is 11.5 Å². The number of hydrogen-bond donors (Lipinski definition) is 1. The van der Waals surface area contributed by atoms with Crippen LogP contribution in [0.3, 0.4) is 0 Å². The molecule has 23 heavy (non-hydrogen) atoms. The van der Waals surface area contributed by atoms with Gasteiger partial charge in [0.2, 0.25) is 0 Å². The van der Waals surface area contributed by atoms with Gasteiger partial charge in [0, 0.05) is 6.04 Å². The second-order valence-corrected chi connectivity index (χ2v) is 8.16. The molecule has 1 aromatic heterocycles. The van der Waals surface area contributed by atoms with Crippen molar-refractivity contribution in [2.45, 2.75) is 19.4 Å². The zero-order valence-electron chi connectivity index (χ0n) is 12.5. The number of aromatic nitrogens is 2. The molecule has 0 spiro atoms. The van der Waals surface area contributed by atoms with Gasteiger partial charge in [-0.15, -0.1) is 0 Å². The summed E-state index contributed by atoms with van der Waals surface area (Å²) in [4.78, 5) is 12.5. The number of aryl methyl sites for hydroxylation is 1. The summed E-state index contributed by atoms with van der Waals surface area (Å²) in [6, 6.07) is 8.88.